The maximum absolute atomic E-state index is 12.8. The first-order valence-electron chi connectivity index (χ1n) is 5.37. The second kappa shape index (κ2) is 4.79. The van der Waals surface area contributed by atoms with E-state index in [1.165, 1.54) is 17.0 Å². The fourth-order valence-corrected chi connectivity index (χ4v) is 1.77. The molecule has 2 atom stereocenters. The summed E-state index contributed by atoms with van der Waals surface area (Å²) in [6.45, 7) is 0. The topological polar surface area (TPSA) is 70.4 Å². The molecule has 1 aromatic carbocycles. The molecule has 6 heteroatoms. The lowest BCUT2D eigenvalue weighted by Crippen LogP contribution is -2.44. The third-order valence-corrected chi connectivity index (χ3v) is 2.78. The molecule has 1 saturated heterocycles. The summed E-state index contributed by atoms with van der Waals surface area (Å²) < 4.78 is 12.8. The van der Waals surface area contributed by atoms with Gasteiger partial charge in [-0.25, -0.2) is 15.2 Å². The maximum Gasteiger partial charge on any atom is 0.245 e. The number of nitrogens with two attached hydrogens (primary N) is 1. The fourth-order valence-electron chi connectivity index (χ4n) is 1.77. The van der Waals surface area contributed by atoms with Gasteiger partial charge in [-0.1, -0.05) is 0 Å². The van der Waals surface area contributed by atoms with Crippen molar-refractivity contribution in [3.8, 4) is 0 Å². The minimum Gasteiger partial charge on any atom is -0.315 e. The summed E-state index contributed by atoms with van der Waals surface area (Å²) in [6.07, 6.45) is 0.315. The van der Waals surface area contributed by atoms with Crippen molar-refractivity contribution < 1.29 is 9.18 Å². The second-order valence-corrected chi connectivity index (χ2v) is 4.06. The number of hydrogen-bond acceptors (Lipinski definition) is 4. The molecule has 17 heavy (non-hydrogen) atoms. The number of halogens is 1. The van der Waals surface area contributed by atoms with E-state index < -0.39 is 0 Å². The lowest BCUT2D eigenvalue weighted by Gasteiger charge is -2.20. The van der Waals surface area contributed by atoms with Crippen LogP contribution in [0.2, 0.25) is 0 Å². The number of nitrogens with one attached hydrogen (secondary N) is 2. The molecular weight excluding hydrogens is 223 g/mol. The molecule has 1 heterocycles. The van der Waals surface area contributed by atoms with Gasteiger partial charge < -0.3 is 10.6 Å². The lowest BCUT2D eigenvalue weighted by molar-refractivity contribution is -0.120. The molecule has 2 rings (SSSR count). The highest BCUT2D eigenvalue weighted by atomic mass is 19.1. The molecule has 4 N–H and O–H groups in total. The van der Waals surface area contributed by atoms with E-state index in [1.54, 1.807) is 19.2 Å². The standard InChI is InChI=1S/C11H15FN4O/c1-16(8-4-2-7(12)3-5-8)11(17)9-6-10(13)15-14-9/h2-5,9-10,14-15H,6,13H2,1H3. The molecule has 1 aliphatic heterocycles. The Hall–Kier alpha value is -1.50. The van der Waals surface area contributed by atoms with Crippen LogP contribution in [0.25, 0.3) is 0 Å². The largest absolute Gasteiger partial charge is 0.315 e. The van der Waals surface area contributed by atoms with E-state index >= 15 is 0 Å². The molecule has 5 nitrogen and oxygen atoms in total. The summed E-state index contributed by atoms with van der Waals surface area (Å²) in [7, 11) is 1.65. The molecule has 0 aliphatic carbocycles. The van der Waals surface area contributed by atoms with Crippen molar-refractivity contribution in [2.75, 3.05) is 11.9 Å². The van der Waals surface area contributed by atoms with E-state index in [0.29, 0.717) is 12.1 Å². The van der Waals surface area contributed by atoms with Crippen LogP contribution in [-0.4, -0.2) is 25.2 Å². The number of hydrazine groups is 1. The van der Waals surface area contributed by atoms with E-state index in [4.69, 9.17) is 5.73 Å². The van der Waals surface area contributed by atoms with Crippen LogP contribution < -0.4 is 21.5 Å². The summed E-state index contributed by atoms with van der Waals surface area (Å²) in [4.78, 5) is 13.5. The fraction of sp³-hybridized carbons (Fsp3) is 0.364. The van der Waals surface area contributed by atoms with Gasteiger partial charge in [0.1, 0.15) is 11.9 Å². The van der Waals surface area contributed by atoms with Gasteiger partial charge in [-0.3, -0.25) is 4.79 Å². The molecule has 92 valence electrons. The molecule has 1 fully saturated rings. The number of hydrogen-bond donors (Lipinski definition) is 3. The van der Waals surface area contributed by atoms with Gasteiger partial charge in [0, 0.05) is 19.2 Å². The van der Waals surface area contributed by atoms with Crippen LogP contribution in [0.1, 0.15) is 6.42 Å². The Morgan fingerprint density at radius 2 is 2.06 bits per heavy atom. The SMILES string of the molecule is CN(C(=O)C1CC(N)NN1)c1ccc(F)cc1. The highest BCUT2D eigenvalue weighted by Gasteiger charge is 2.29. The van der Waals surface area contributed by atoms with Crippen molar-refractivity contribution in [2.24, 2.45) is 5.73 Å². The summed E-state index contributed by atoms with van der Waals surface area (Å²) in [5.41, 5.74) is 11.9. The third kappa shape index (κ3) is 2.60. The summed E-state index contributed by atoms with van der Waals surface area (Å²) in [5, 5.41) is 0. The average Bonchev–Trinajstić information content (AvgIpc) is 2.75. The third-order valence-electron chi connectivity index (χ3n) is 2.78. The Labute approximate surface area is 98.7 Å². The van der Waals surface area contributed by atoms with E-state index in [-0.39, 0.29) is 23.9 Å². The molecular formula is C11H15FN4O. The summed E-state index contributed by atoms with van der Waals surface area (Å²) >= 11 is 0. The van der Waals surface area contributed by atoms with Crippen molar-refractivity contribution in [3.05, 3.63) is 30.1 Å². The molecule has 1 aromatic rings. The Balaban J connectivity index is 2.06. The van der Waals surface area contributed by atoms with Gasteiger partial charge in [0.25, 0.3) is 0 Å². The highest BCUT2D eigenvalue weighted by Crippen LogP contribution is 2.15. The zero-order valence-electron chi connectivity index (χ0n) is 9.48. The number of carbonyl (C=O) groups is 1. The molecule has 1 amide bonds. The zero-order chi connectivity index (χ0) is 12.4. The quantitative estimate of drug-likeness (QED) is 0.675. The first kappa shape index (κ1) is 12.0. The van der Waals surface area contributed by atoms with Crippen molar-refractivity contribution in [2.45, 2.75) is 18.6 Å². The van der Waals surface area contributed by atoms with Crippen LogP contribution in [0, 0.1) is 5.82 Å². The molecule has 0 spiro atoms. The number of amides is 1. The smallest absolute Gasteiger partial charge is 0.245 e. The monoisotopic (exact) mass is 238 g/mol. The van der Waals surface area contributed by atoms with Crippen molar-refractivity contribution >= 4 is 11.6 Å². The Morgan fingerprint density at radius 3 is 2.59 bits per heavy atom. The van der Waals surface area contributed by atoms with Gasteiger partial charge in [-0.15, -0.1) is 0 Å². The zero-order valence-corrected chi connectivity index (χ0v) is 9.48. The molecule has 0 bridgehead atoms. The Kier molecular flexibility index (Phi) is 3.37. The van der Waals surface area contributed by atoms with Gasteiger partial charge in [0.15, 0.2) is 0 Å². The molecule has 2 unspecified atom stereocenters. The van der Waals surface area contributed by atoms with E-state index in [9.17, 15) is 9.18 Å². The normalized spacial score (nSPS) is 23.7. The summed E-state index contributed by atoms with van der Waals surface area (Å²) in [5.74, 6) is -0.422. The number of benzene rings is 1. The van der Waals surface area contributed by atoms with E-state index in [0.717, 1.165) is 0 Å². The Morgan fingerprint density at radius 1 is 1.41 bits per heavy atom. The predicted molar refractivity (Wildman–Crippen MR) is 62.5 cm³/mol. The maximum atomic E-state index is 12.8. The van der Waals surface area contributed by atoms with Gasteiger partial charge >= 0.3 is 0 Å². The van der Waals surface area contributed by atoms with Crippen LogP contribution in [-0.2, 0) is 4.79 Å². The number of carbonyl (C=O) groups excluding carboxylic acids is 1. The minimum absolute atomic E-state index is 0.0999. The average molecular weight is 238 g/mol. The van der Waals surface area contributed by atoms with Gasteiger partial charge in [0.05, 0.1) is 6.17 Å². The predicted octanol–water partition coefficient (Wildman–Crippen LogP) is -0.0602. The van der Waals surface area contributed by atoms with Crippen molar-refractivity contribution in [1.82, 2.24) is 10.9 Å². The minimum atomic E-state index is -0.347. The highest BCUT2D eigenvalue weighted by molar-refractivity contribution is 5.96. The number of nitrogens with zero attached hydrogens (tertiary/aromatic N) is 1. The van der Waals surface area contributed by atoms with Gasteiger partial charge in [-0.2, -0.15) is 0 Å². The van der Waals surface area contributed by atoms with Crippen molar-refractivity contribution in [1.29, 1.82) is 0 Å². The Bertz CT molecular complexity index is 408. The van der Waals surface area contributed by atoms with Crippen LogP contribution in [0.3, 0.4) is 0 Å². The molecule has 1 aliphatic rings. The first-order valence-corrected chi connectivity index (χ1v) is 5.37. The number of likely N-dealkylation sites (N-methyl/N-ethyl adjacent to an activating group) is 1. The van der Waals surface area contributed by atoms with E-state index in [1.807, 2.05) is 0 Å². The van der Waals surface area contributed by atoms with Crippen LogP contribution in [0.15, 0.2) is 24.3 Å². The molecule has 0 aromatic heterocycles. The molecule has 0 saturated carbocycles. The van der Waals surface area contributed by atoms with Crippen molar-refractivity contribution in [3.63, 3.8) is 0 Å². The van der Waals surface area contributed by atoms with E-state index in [2.05, 4.69) is 10.9 Å². The number of rotatable bonds is 2. The summed E-state index contributed by atoms with van der Waals surface area (Å²) in [6, 6.07) is 5.43. The second-order valence-electron chi connectivity index (χ2n) is 4.06. The van der Waals surface area contributed by atoms with Gasteiger partial charge in [-0.05, 0) is 24.3 Å². The lowest BCUT2D eigenvalue weighted by atomic mass is 10.2. The molecule has 0 radical (unpaired) electrons. The first-order chi connectivity index (χ1) is 8.08. The number of anilines is 1. The van der Waals surface area contributed by atoms with Crippen LogP contribution in [0.5, 0.6) is 0 Å². The van der Waals surface area contributed by atoms with Crippen LogP contribution >= 0.6 is 0 Å². The van der Waals surface area contributed by atoms with Gasteiger partial charge in [0.2, 0.25) is 5.91 Å². The van der Waals surface area contributed by atoms with Crippen LogP contribution in [0.4, 0.5) is 10.1 Å².